The molecule has 14 aromatic rings. The molecule has 4 aromatic heterocycles. The summed E-state index contributed by atoms with van der Waals surface area (Å²) in [6, 6.07) is 83.6. The van der Waals surface area contributed by atoms with Crippen LogP contribution in [0.3, 0.4) is 0 Å². The number of rotatable bonds is 7. The Kier molecular flexibility index (Phi) is 9.71. The smallest absolute Gasteiger partial charge is 0.238 e. The van der Waals surface area contributed by atoms with Crippen molar-refractivity contribution in [1.82, 2.24) is 28.7 Å². The molecule has 0 saturated carbocycles. The summed E-state index contributed by atoms with van der Waals surface area (Å²) in [6.07, 6.45) is 6.84. The van der Waals surface area contributed by atoms with Crippen molar-refractivity contribution in [2.45, 2.75) is 32.1 Å². The van der Waals surface area contributed by atoms with Crippen LogP contribution < -0.4 is 0 Å². The van der Waals surface area contributed by atoms with Crippen molar-refractivity contribution in [3.05, 3.63) is 259 Å². The summed E-state index contributed by atoms with van der Waals surface area (Å²) in [5, 5.41) is 7.24. The molecule has 0 saturated heterocycles. The van der Waals surface area contributed by atoms with Gasteiger partial charge in [0.15, 0.2) is 11.6 Å². The molecule has 368 valence electrons. The van der Waals surface area contributed by atoms with Gasteiger partial charge in [0, 0.05) is 60.2 Å². The van der Waals surface area contributed by atoms with Crippen molar-refractivity contribution in [2.75, 3.05) is 0 Å². The van der Waals surface area contributed by atoms with Crippen molar-refractivity contribution >= 4 is 71.0 Å². The van der Waals surface area contributed by atoms with Crippen LogP contribution in [0.15, 0.2) is 248 Å². The summed E-state index contributed by atoms with van der Waals surface area (Å²) in [4.78, 5) is 15.8. The number of aromatic nitrogens is 6. The number of allylic oxidation sites excluding steroid dienone is 4. The molecular formula is C72H50N6. The van der Waals surface area contributed by atoms with Gasteiger partial charge in [0.2, 0.25) is 5.95 Å². The molecule has 2 aliphatic carbocycles. The molecule has 0 atom stereocenters. The van der Waals surface area contributed by atoms with Crippen LogP contribution in [0, 0.1) is 0 Å². The number of fused-ring (bicyclic) bond motifs is 11. The zero-order valence-electron chi connectivity index (χ0n) is 43.2. The second-order valence-electron chi connectivity index (χ2n) is 21.5. The summed E-state index contributed by atoms with van der Waals surface area (Å²) in [5.74, 6) is 1.87. The molecular weight excluding hydrogens is 949 g/mol. The summed E-state index contributed by atoms with van der Waals surface area (Å²) in [6.45, 7) is 4.79. The molecule has 0 aliphatic heterocycles. The predicted molar refractivity (Wildman–Crippen MR) is 323 cm³/mol. The number of hydrogen-bond donors (Lipinski definition) is 0. The van der Waals surface area contributed by atoms with Crippen LogP contribution in [-0.2, 0) is 5.41 Å². The second kappa shape index (κ2) is 17.1. The Labute approximate surface area is 451 Å². The minimum Gasteiger partial charge on any atom is -0.309 e. The third kappa shape index (κ3) is 6.72. The van der Waals surface area contributed by atoms with Crippen molar-refractivity contribution < 1.29 is 0 Å². The number of hydrogen-bond acceptors (Lipinski definition) is 3. The Balaban J connectivity index is 0.892. The summed E-state index contributed by atoms with van der Waals surface area (Å²) < 4.78 is 7.11. The summed E-state index contributed by atoms with van der Waals surface area (Å²) >= 11 is 0. The van der Waals surface area contributed by atoms with E-state index >= 15 is 0 Å². The first-order chi connectivity index (χ1) is 38.4. The van der Waals surface area contributed by atoms with E-state index in [4.69, 9.17) is 15.0 Å². The SMILES string of the molecule is CC1(C)C2=C(C=CCC2)c2cc3c4cc(-c5ccc6c7cc(-c8ccc9c%10ccccc%10n(-c%10ccccc%10)c9c8)ccc7n(-c7ccccc7)c6c5)ccc4n(-c4nc(-c5ccccc5)nc(-c5ccccc5)n4)c3cc21. The highest BCUT2D eigenvalue weighted by Gasteiger charge is 2.38. The molecule has 6 heteroatoms. The minimum atomic E-state index is -0.121. The number of para-hydroxylation sites is 3. The fourth-order valence-electron chi connectivity index (χ4n) is 13.1. The summed E-state index contributed by atoms with van der Waals surface area (Å²) in [7, 11) is 0. The van der Waals surface area contributed by atoms with Gasteiger partial charge in [-0.15, -0.1) is 0 Å². The first kappa shape index (κ1) is 44.4. The van der Waals surface area contributed by atoms with Gasteiger partial charge in [0.05, 0.1) is 33.1 Å². The highest BCUT2D eigenvalue weighted by atomic mass is 15.2. The maximum atomic E-state index is 5.33. The van der Waals surface area contributed by atoms with Crippen LogP contribution in [-0.4, -0.2) is 28.7 Å². The van der Waals surface area contributed by atoms with E-state index in [0.29, 0.717) is 17.6 Å². The third-order valence-corrected chi connectivity index (χ3v) is 16.8. The Morgan fingerprint density at radius 2 is 0.808 bits per heavy atom. The first-order valence-corrected chi connectivity index (χ1v) is 27.1. The molecule has 0 amide bonds. The number of nitrogens with zero attached hydrogens (tertiary/aromatic N) is 6. The van der Waals surface area contributed by atoms with Gasteiger partial charge in [-0.2, -0.15) is 9.97 Å². The molecule has 16 rings (SSSR count). The van der Waals surface area contributed by atoms with Crippen LogP contribution in [0.2, 0.25) is 0 Å². The van der Waals surface area contributed by atoms with Crippen LogP contribution >= 0.6 is 0 Å². The fraction of sp³-hybridized carbons (Fsp3) is 0.0694. The van der Waals surface area contributed by atoms with Crippen LogP contribution in [0.1, 0.15) is 37.8 Å². The van der Waals surface area contributed by atoms with Gasteiger partial charge in [-0.3, -0.25) is 4.57 Å². The average Bonchev–Trinajstić information content (AvgIpc) is 4.25. The maximum absolute atomic E-state index is 5.33. The van der Waals surface area contributed by atoms with E-state index in [1.165, 1.54) is 76.9 Å². The topological polar surface area (TPSA) is 53.5 Å². The molecule has 2 aliphatic rings. The van der Waals surface area contributed by atoms with E-state index in [0.717, 1.165) is 68.4 Å². The largest absolute Gasteiger partial charge is 0.309 e. The normalized spacial score (nSPS) is 13.9. The van der Waals surface area contributed by atoms with Gasteiger partial charge in [0.1, 0.15) is 0 Å². The van der Waals surface area contributed by atoms with E-state index in [-0.39, 0.29) is 5.41 Å². The lowest BCUT2D eigenvalue weighted by molar-refractivity contribution is 0.608. The Bertz CT molecular complexity index is 4790. The van der Waals surface area contributed by atoms with Crippen molar-refractivity contribution in [3.63, 3.8) is 0 Å². The molecule has 0 fully saturated rings. The molecule has 6 nitrogen and oxygen atoms in total. The van der Waals surface area contributed by atoms with Gasteiger partial charge >= 0.3 is 0 Å². The van der Waals surface area contributed by atoms with E-state index in [1.807, 2.05) is 36.4 Å². The molecule has 0 radical (unpaired) electrons. The van der Waals surface area contributed by atoms with Gasteiger partial charge in [-0.25, -0.2) is 4.98 Å². The van der Waals surface area contributed by atoms with E-state index in [9.17, 15) is 0 Å². The molecule has 0 bridgehead atoms. The van der Waals surface area contributed by atoms with Crippen LogP contribution in [0.4, 0.5) is 0 Å². The third-order valence-electron chi connectivity index (χ3n) is 16.8. The molecule has 4 heterocycles. The zero-order chi connectivity index (χ0) is 51.6. The van der Waals surface area contributed by atoms with Gasteiger partial charge in [-0.05, 0) is 131 Å². The lowest BCUT2D eigenvalue weighted by atomic mass is 9.78. The van der Waals surface area contributed by atoms with Crippen molar-refractivity contribution in [2.24, 2.45) is 0 Å². The fourth-order valence-corrected chi connectivity index (χ4v) is 13.1. The van der Waals surface area contributed by atoms with E-state index in [1.54, 1.807) is 0 Å². The molecule has 78 heavy (non-hydrogen) atoms. The monoisotopic (exact) mass is 998 g/mol. The Morgan fingerprint density at radius 3 is 1.41 bits per heavy atom. The van der Waals surface area contributed by atoms with Crippen molar-refractivity contribution in [3.8, 4) is 62.4 Å². The minimum absolute atomic E-state index is 0.121. The average molecular weight is 999 g/mol. The van der Waals surface area contributed by atoms with Crippen LogP contribution in [0.25, 0.3) is 133 Å². The predicted octanol–water partition coefficient (Wildman–Crippen LogP) is 18.2. The van der Waals surface area contributed by atoms with Gasteiger partial charge < -0.3 is 9.13 Å². The van der Waals surface area contributed by atoms with E-state index < -0.39 is 0 Å². The Morgan fingerprint density at radius 1 is 0.359 bits per heavy atom. The zero-order valence-corrected chi connectivity index (χ0v) is 43.2. The molecule has 0 spiro atoms. The molecule has 0 unspecified atom stereocenters. The lowest BCUT2D eigenvalue weighted by Gasteiger charge is -2.25. The highest BCUT2D eigenvalue weighted by molar-refractivity contribution is 6.15. The molecule has 10 aromatic carbocycles. The second-order valence-corrected chi connectivity index (χ2v) is 21.5. The highest BCUT2D eigenvalue weighted by Crippen LogP contribution is 2.52. The van der Waals surface area contributed by atoms with Gasteiger partial charge in [-0.1, -0.05) is 183 Å². The number of benzene rings is 10. The maximum Gasteiger partial charge on any atom is 0.238 e. The van der Waals surface area contributed by atoms with Crippen molar-refractivity contribution in [1.29, 1.82) is 0 Å². The standard InChI is InChI=1S/C72H50N6/c1-72(2)61-29-17-15-27-53(61)57-43-60-59-40-48(34-38-65(59)78(68(60)44-62(57)72)71-74-69(45-19-7-3-8-20-45)73-70(75-71)46-21-9-4-10-22-46)50-32-36-56-58-39-47(33-37-64(58)77(67(56)42-50)52-25-13-6-14-26-52)49-31-35-55-54-28-16-18-30-63(54)76(66(55)41-49)51-23-11-5-12-24-51/h3-16,18-28,30-44H,17,29H2,1-2H3. The quantitative estimate of drug-likeness (QED) is 0.160. The summed E-state index contributed by atoms with van der Waals surface area (Å²) in [5.41, 5.74) is 21.1. The van der Waals surface area contributed by atoms with E-state index in [2.05, 4.69) is 234 Å². The van der Waals surface area contributed by atoms with Crippen LogP contribution in [0.5, 0.6) is 0 Å². The molecule has 0 N–H and O–H groups in total. The lowest BCUT2D eigenvalue weighted by Crippen LogP contribution is -2.18. The Hall–Kier alpha value is -9.91. The van der Waals surface area contributed by atoms with Gasteiger partial charge in [0.25, 0.3) is 0 Å². The first-order valence-electron chi connectivity index (χ1n) is 27.1.